The first-order valence-electron chi connectivity index (χ1n) is 9.44. The first-order chi connectivity index (χ1) is 11.5. The maximum Gasteiger partial charge on any atom is 0.273 e. The van der Waals surface area contributed by atoms with Gasteiger partial charge in [0.25, 0.3) is 5.91 Å². The molecule has 132 valence electrons. The molecule has 0 spiro atoms. The van der Waals surface area contributed by atoms with Crippen molar-refractivity contribution < 1.29 is 9.21 Å². The van der Waals surface area contributed by atoms with E-state index in [2.05, 4.69) is 36.4 Å². The summed E-state index contributed by atoms with van der Waals surface area (Å²) in [5.74, 6) is 2.91. The Balaban J connectivity index is 1.39. The lowest BCUT2D eigenvalue weighted by Gasteiger charge is -2.62. The molecule has 5 heteroatoms. The SMILES string of the molecule is CC1C(NC(=O)c2coc(C3CCCNC3)n2)CC2CC1C2(C)C. The van der Waals surface area contributed by atoms with Gasteiger partial charge in [-0.2, -0.15) is 0 Å². The smallest absolute Gasteiger partial charge is 0.273 e. The van der Waals surface area contributed by atoms with Crippen LogP contribution in [0.4, 0.5) is 0 Å². The van der Waals surface area contributed by atoms with E-state index in [0.717, 1.165) is 44.2 Å². The summed E-state index contributed by atoms with van der Waals surface area (Å²) in [6.45, 7) is 8.99. The van der Waals surface area contributed by atoms with Gasteiger partial charge in [0.05, 0.1) is 0 Å². The second-order valence-corrected chi connectivity index (χ2v) is 8.65. The summed E-state index contributed by atoms with van der Waals surface area (Å²) in [5, 5.41) is 6.58. The Morgan fingerprint density at radius 2 is 2.25 bits per heavy atom. The molecule has 4 fully saturated rings. The van der Waals surface area contributed by atoms with Crippen LogP contribution in [0.3, 0.4) is 0 Å². The minimum absolute atomic E-state index is 0.0790. The van der Waals surface area contributed by atoms with Crippen molar-refractivity contribution in [2.24, 2.45) is 23.2 Å². The first kappa shape index (κ1) is 16.1. The number of nitrogens with zero attached hydrogens (tertiary/aromatic N) is 1. The molecule has 3 aliphatic carbocycles. The molecule has 2 bridgehead atoms. The predicted octanol–water partition coefficient (Wildman–Crippen LogP) is 2.94. The second-order valence-electron chi connectivity index (χ2n) is 8.65. The number of rotatable bonds is 3. The maximum absolute atomic E-state index is 12.6. The number of carbonyl (C=O) groups is 1. The number of amides is 1. The number of fused-ring (bicyclic) bond motifs is 2. The monoisotopic (exact) mass is 331 g/mol. The molecule has 1 aromatic rings. The molecule has 5 nitrogen and oxygen atoms in total. The molecule has 2 heterocycles. The highest BCUT2D eigenvalue weighted by Gasteiger charge is 2.56. The van der Waals surface area contributed by atoms with Gasteiger partial charge in [0.2, 0.25) is 0 Å². The van der Waals surface area contributed by atoms with Crippen molar-refractivity contribution >= 4 is 5.91 Å². The maximum atomic E-state index is 12.6. The fourth-order valence-electron chi connectivity index (χ4n) is 5.22. The predicted molar refractivity (Wildman–Crippen MR) is 91.8 cm³/mol. The third-order valence-electron chi connectivity index (χ3n) is 7.07. The van der Waals surface area contributed by atoms with Crippen molar-refractivity contribution in [1.29, 1.82) is 0 Å². The Labute approximate surface area is 144 Å². The second kappa shape index (κ2) is 5.87. The van der Waals surface area contributed by atoms with E-state index >= 15 is 0 Å². The van der Waals surface area contributed by atoms with E-state index in [9.17, 15) is 4.79 Å². The van der Waals surface area contributed by atoms with E-state index in [-0.39, 0.29) is 11.9 Å². The number of hydrogen-bond acceptors (Lipinski definition) is 4. The van der Waals surface area contributed by atoms with Crippen LogP contribution in [0.5, 0.6) is 0 Å². The number of oxazole rings is 1. The molecule has 0 aromatic carbocycles. The molecule has 2 N–H and O–H groups in total. The van der Waals surface area contributed by atoms with Crippen LogP contribution in [0, 0.1) is 23.2 Å². The van der Waals surface area contributed by atoms with Gasteiger partial charge < -0.3 is 15.1 Å². The van der Waals surface area contributed by atoms with Crippen LogP contribution in [0.2, 0.25) is 0 Å². The lowest BCUT2D eigenvalue weighted by Crippen LogP contribution is -2.60. The van der Waals surface area contributed by atoms with Crippen LogP contribution < -0.4 is 10.6 Å². The van der Waals surface area contributed by atoms with Gasteiger partial charge in [-0.15, -0.1) is 0 Å². The normalized spacial score (nSPS) is 37.5. The number of hydrogen-bond donors (Lipinski definition) is 2. The van der Waals surface area contributed by atoms with Gasteiger partial charge in [0, 0.05) is 18.5 Å². The van der Waals surface area contributed by atoms with Crippen LogP contribution >= 0.6 is 0 Å². The molecule has 5 unspecified atom stereocenters. The van der Waals surface area contributed by atoms with E-state index in [1.54, 1.807) is 0 Å². The van der Waals surface area contributed by atoms with Gasteiger partial charge in [-0.25, -0.2) is 4.98 Å². The van der Waals surface area contributed by atoms with Crippen LogP contribution in [0.1, 0.15) is 68.8 Å². The summed E-state index contributed by atoms with van der Waals surface area (Å²) in [7, 11) is 0. The summed E-state index contributed by atoms with van der Waals surface area (Å²) in [6.07, 6.45) is 6.15. The lowest BCUT2D eigenvalue weighted by molar-refractivity contribution is -0.113. The zero-order valence-corrected chi connectivity index (χ0v) is 15.0. The number of aromatic nitrogens is 1. The van der Waals surface area contributed by atoms with Gasteiger partial charge in [-0.3, -0.25) is 4.79 Å². The molecule has 5 atom stereocenters. The molecule has 1 aliphatic heterocycles. The topological polar surface area (TPSA) is 67.2 Å². The number of nitrogens with one attached hydrogen (secondary N) is 2. The first-order valence-corrected chi connectivity index (χ1v) is 9.44. The molecule has 4 aliphatic rings. The molecule has 1 amide bonds. The van der Waals surface area contributed by atoms with E-state index < -0.39 is 0 Å². The van der Waals surface area contributed by atoms with Gasteiger partial charge in [-0.1, -0.05) is 20.8 Å². The standard InChI is InChI=1S/C19H29N3O2/c1-11-14-7-13(19(14,2)3)8-15(11)21-17(23)16-10-24-18(22-16)12-5-4-6-20-9-12/h10-15,20H,4-9H2,1-3H3,(H,21,23). The molecular weight excluding hydrogens is 302 g/mol. The van der Waals surface area contributed by atoms with Crippen molar-refractivity contribution in [3.05, 3.63) is 17.8 Å². The number of piperidine rings is 1. The summed E-state index contributed by atoms with van der Waals surface area (Å²) >= 11 is 0. The van der Waals surface area contributed by atoms with Crippen LogP contribution in [0.25, 0.3) is 0 Å². The van der Waals surface area contributed by atoms with Crippen LogP contribution in [0.15, 0.2) is 10.7 Å². The average molecular weight is 331 g/mol. The molecule has 0 radical (unpaired) electrons. The van der Waals surface area contributed by atoms with E-state index in [1.807, 2.05) is 0 Å². The van der Waals surface area contributed by atoms with Crippen LogP contribution in [-0.2, 0) is 0 Å². The van der Waals surface area contributed by atoms with Gasteiger partial charge >= 0.3 is 0 Å². The summed E-state index contributed by atoms with van der Waals surface area (Å²) in [6, 6.07) is 0.269. The van der Waals surface area contributed by atoms with Crippen molar-refractivity contribution in [3.8, 4) is 0 Å². The minimum Gasteiger partial charge on any atom is -0.448 e. The molecular formula is C19H29N3O2. The van der Waals surface area contributed by atoms with E-state index in [4.69, 9.17) is 4.42 Å². The summed E-state index contributed by atoms with van der Waals surface area (Å²) in [5.41, 5.74) is 0.872. The van der Waals surface area contributed by atoms with Crippen LogP contribution in [-0.4, -0.2) is 30.0 Å². The third kappa shape index (κ3) is 2.57. The number of carbonyl (C=O) groups excluding carboxylic acids is 1. The average Bonchev–Trinajstić information content (AvgIpc) is 3.07. The Bertz CT molecular complexity index is 618. The largest absolute Gasteiger partial charge is 0.448 e. The van der Waals surface area contributed by atoms with E-state index in [1.165, 1.54) is 12.7 Å². The molecule has 3 saturated carbocycles. The quantitative estimate of drug-likeness (QED) is 0.893. The molecule has 5 rings (SSSR count). The summed E-state index contributed by atoms with van der Waals surface area (Å²) in [4.78, 5) is 17.1. The summed E-state index contributed by atoms with van der Waals surface area (Å²) < 4.78 is 5.59. The zero-order valence-electron chi connectivity index (χ0n) is 15.0. The molecule has 24 heavy (non-hydrogen) atoms. The van der Waals surface area contributed by atoms with Gasteiger partial charge in [-0.05, 0) is 55.4 Å². The van der Waals surface area contributed by atoms with Crippen molar-refractivity contribution in [2.45, 2.75) is 58.4 Å². The molecule has 1 saturated heterocycles. The fourth-order valence-corrected chi connectivity index (χ4v) is 5.22. The van der Waals surface area contributed by atoms with Gasteiger partial charge in [0.15, 0.2) is 11.6 Å². The highest BCUT2D eigenvalue weighted by atomic mass is 16.3. The van der Waals surface area contributed by atoms with Gasteiger partial charge in [0.1, 0.15) is 6.26 Å². The minimum atomic E-state index is -0.0790. The fraction of sp³-hybridized carbons (Fsp3) is 0.789. The lowest BCUT2D eigenvalue weighted by atomic mass is 9.45. The Kier molecular flexibility index (Phi) is 3.94. The van der Waals surface area contributed by atoms with Crippen molar-refractivity contribution in [1.82, 2.24) is 15.6 Å². The Morgan fingerprint density at radius 1 is 1.42 bits per heavy atom. The van der Waals surface area contributed by atoms with Crippen molar-refractivity contribution in [2.75, 3.05) is 13.1 Å². The zero-order chi connectivity index (χ0) is 16.9. The van der Waals surface area contributed by atoms with Crippen molar-refractivity contribution in [3.63, 3.8) is 0 Å². The van der Waals surface area contributed by atoms with E-state index in [0.29, 0.717) is 28.8 Å². The molecule has 1 aromatic heterocycles. The highest BCUT2D eigenvalue weighted by molar-refractivity contribution is 5.92. The highest BCUT2D eigenvalue weighted by Crippen LogP contribution is 2.61. The Morgan fingerprint density at radius 3 is 2.92 bits per heavy atom. The third-order valence-corrected chi connectivity index (χ3v) is 7.07. The Hall–Kier alpha value is -1.36.